The maximum absolute atomic E-state index is 12.5. The van der Waals surface area contributed by atoms with Crippen LogP contribution in [0.2, 0.25) is 0 Å². The average Bonchev–Trinajstić information content (AvgIpc) is 2.96. The number of hydrogen-bond acceptors (Lipinski definition) is 4. The number of nitrogens with zero attached hydrogens (tertiary/aromatic N) is 4. The van der Waals surface area contributed by atoms with Crippen LogP contribution in [0.15, 0.2) is 30.6 Å². The minimum absolute atomic E-state index is 0.184. The summed E-state index contributed by atoms with van der Waals surface area (Å²) in [7, 11) is 0. The van der Waals surface area contributed by atoms with Gasteiger partial charge in [0.15, 0.2) is 0 Å². The monoisotopic (exact) mass is 308 g/mol. The molecule has 0 aliphatic carbocycles. The van der Waals surface area contributed by atoms with Crippen molar-refractivity contribution in [2.24, 2.45) is 0 Å². The minimum Gasteiger partial charge on any atom is -0.356 e. The van der Waals surface area contributed by atoms with Crippen molar-refractivity contribution in [3.8, 4) is 0 Å². The third kappa shape index (κ3) is 3.03. The van der Waals surface area contributed by atoms with E-state index in [1.807, 2.05) is 17.9 Å². The average molecular weight is 308 g/mol. The second kappa shape index (κ2) is 5.55. The Hall–Kier alpha value is -2.18. The Balaban J connectivity index is 1.73. The van der Waals surface area contributed by atoms with Gasteiger partial charge >= 0.3 is 6.18 Å². The van der Waals surface area contributed by atoms with Gasteiger partial charge < -0.3 is 4.90 Å². The van der Waals surface area contributed by atoms with Crippen molar-refractivity contribution < 1.29 is 13.2 Å². The summed E-state index contributed by atoms with van der Waals surface area (Å²) in [5, 5.41) is 0. The first-order chi connectivity index (χ1) is 10.4. The fraction of sp³-hybridized carbons (Fsp3) is 0.400. The quantitative estimate of drug-likeness (QED) is 0.854. The van der Waals surface area contributed by atoms with Gasteiger partial charge in [-0.3, -0.25) is 0 Å². The highest BCUT2D eigenvalue weighted by molar-refractivity contribution is 5.42. The molecule has 7 heteroatoms. The number of aromatic nitrogens is 3. The highest BCUT2D eigenvalue weighted by Gasteiger charge is 2.32. The van der Waals surface area contributed by atoms with Gasteiger partial charge in [-0.25, -0.2) is 15.0 Å². The van der Waals surface area contributed by atoms with E-state index >= 15 is 0 Å². The van der Waals surface area contributed by atoms with Crippen LogP contribution in [0.1, 0.15) is 29.4 Å². The lowest BCUT2D eigenvalue weighted by atomic mass is 10.1. The lowest BCUT2D eigenvalue weighted by Crippen LogP contribution is -2.21. The molecule has 0 amide bonds. The summed E-state index contributed by atoms with van der Waals surface area (Å²) >= 11 is 0. The smallest absolute Gasteiger partial charge is 0.356 e. The van der Waals surface area contributed by atoms with Gasteiger partial charge in [0, 0.05) is 37.1 Å². The fourth-order valence-electron chi connectivity index (χ4n) is 2.58. The summed E-state index contributed by atoms with van der Waals surface area (Å²) in [6.45, 7) is 3.32. The lowest BCUT2D eigenvalue weighted by molar-refractivity contribution is -0.137. The molecule has 0 spiro atoms. The highest BCUT2D eigenvalue weighted by atomic mass is 19.4. The molecule has 0 unspecified atom stereocenters. The Bertz CT molecular complexity index is 655. The third-order valence-electron chi connectivity index (χ3n) is 3.77. The van der Waals surface area contributed by atoms with E-state index in [4.69, 9.17) is 0 Å². The molecule has 2 aromatic heterocycles. The van der Waals surface area contributed by atoms with Crippen molar-refractivity contribution in [3.63, 3.8) is 0 Å². The van der Waals surface area contributed by atoms with Gasteiger partial charge in [0.05, 0.1) is 5.56 Å². The van der Waals surface area contributed by atoms with E-state index in [9.17, 15) is 13.2 Å². The zero-order chi connectivity index (χ0) is 15.7. The SMILES string of the molecule is Cc1ccnc([C@H]2CCN(c3ccc(C(F)(F)F)cn3)C2)n1. The number of pyridine rings is 1. The molecule has 22 heavy (non-hydrogen) atoms. The lowest BCUT2D eigenvalue weighted by Gasteiger charge is -2.18. The van der Waals surface area contributed by atoms with E-state index < -0.39 is 11.7 Å². The summed E-state index contributed by atoms with van der Waals surface area (Å²) in [6, 6.07) is 4.33. The summed E-state index contributed by atoms with van der Waals surface area (Å²) in [5.74, 6) is 1.53. The topological polar surface area (TPSA) is 41.9 Å². The molecule has 0 bridgehead atoms. The van der Waals surface area contributed by atoms with E-state index in [1.165, 1.54) is 6.07 Å². The molecule has 1 atom stereocenters. The molecule has 1 saturated heterocycles. The van der Waals surface area contributed by atoms with Crippen LogP contribution < -0.4 is 4.90 Å². The van der Waals surface area contributed by atoms with Gasteiger partial charge in [0.25, 0.3) is 0 Å². The molecule has 1 fully saturated rings. The number of anilines is 1. The van der Waals surface area contributed by atoms with Crippen LogP contribution in [0.3, 0.4) is 0 Å². The molecule has 1 aliphatic rings. The van der Waals surface area contributed by atoms with Gasteiger partial charge in [0.1, 0.15) is 11.6 Å². The molecule has 0 aromatic carbocycles. The number of alkyl halides is 3. The van der Waals surface area contributed by atoms with E-state index in [0.29, 0.717) is 12.4 Å². The van der Waals surface area contributed by atoms with Crippen molar-refractivity contribution in [1.29, 1.82) is 0 Å². The second-order valence-corrected chi connectivity index (χ2v) is 5.39. The van der Waals surface area contributed by atoms with Gasteiger partial charge in [-0.2, -0.15) is 13.2 Å². The number of halogens is 3. The Morgan fingerprint density at radius 2 is 2.00 bits per heavy atom. The molecular formula is C15H15F3N4. The van der Waals surface area contributed by atoms with Gasteiger partial charge in [-0.15, -0.1) is 0 Å². The molecular weight excluding hydrogens is 293 g/mol. The Kier molecular flexibility index (Phi) is 3.72. The van der Waals surface area contributed by atoms with E-state index in [2.05, 4.69) is 15.0 Å². The van der Waals surface area contributed by atoms with Gasteiger partial charge in [0.2, 0.25) is 0 Å². The number of rotatable bonds is 2. The maximum Gasteiger partial charge on any atom is 0.417 e. The molecule has 116 valence electrons. The number of aryl methyl sites for hydroxylation is 1. The normalized spacial score (nSPS) is 18.7. The molecule has 3 rings (SSSR count). The van der Waals surface area contributed by atoms with Gasteiger partial charge in [-0.1, -0.05) is 0 Å². The van der Waals surface area contributed by atoms with Crippen LogP contribution in [-0.4, -0.2) is 28.0 Å². The van der Waals surface area contributed by atoms with Crippen LogP contribution >= 0.6 is 0 Å². The highest BCUT2D eigenvalue weighted by Crippen LogP contribution is 2.31. The first-order valence-corrected chi connectivity index (χ1v) is 7.01. The summed E-state index contributed by atoms with van der Waals surface area (Å²) in [5.41, 5.74) is 0.185. The first kappa shape index (κ1) is 14.7. The van der Waals surface area contributed by atoms with Crippen LogP contribution in [-0.2, 0) is 6.18 Å². The minimum atomic E-state index is -4.35. The van der Waals surface area contributed by atoms with Crippen molar-refractivity contribution in [3.05, 3.63) is 47.7 Å². The van der Waals surface area contributed by atoms with Crippen LogP contribution in [0.4, 0.5) is 19.0 Å². The molecule has 4 nitrogen and oxygen atoms in total. The maximum atomic E-state index is 12.5. The molecule has 1 aliphatic heterocycles. The van der Waals surface area contributed by atoms with Crippen LogP contribution in [0.5, 0.6) is 0 Å². The summed E-state index contributed by atoms with van der Waals surface area (Å²) < 4.78 is 37.6. The third-order valence-corrected chi connectivity index (χ3v) is 3.77. The second-order valence-electron chi connectivity index (χ2n) is 5.39. The Morgan fingerprint density at radius 1 is 1.18 bits per heavy atom. The van der Waals surface area contributed by atoms with Crippen molar-refractivity contribution in [2.45, 2.75) is 25.4 Å². The van der Waals surface area contributed by atoms with Crippen molar-refractivity contribution in [1.82, 2.24) is 15.0 Å². The summed E-state index contributed by atoms with van der Waals surface area (Å²) in [6.07, 6.45) is -0.872. The van der Waals surface area contributed by atoms with E-state index in [1.54, 1.807) is 6.20 Å². The molecule has 0 N–H and O–H groups in total. The molecule has 0 radical (unpaired) electrons. The molecule has 2 aromatic rings. The predicted octanol–water partition coefficient (Wildman–Crippen LogP) is 3.19. The largest absolute Gasteiger partial charge is 0.417 e. The van der Waals surface area contributed by atoms with Crippen LogP contribution in [0.25, 0.3) is 0 Å². The Labute approximate surface area is 126 Å². The van der Waals surface area contributed by atoms with Crippen LogP contribution in [0, 0.1) is 6.92 Å². The molecule has 3 heterocycles. The van der Waals surface area contributed by atoms with Crippen molar-refractivity contribution >= 4 is 5.82 Å². The zero-order valence-electron chi connectivity index (χ0n) is 12.0. The first-order valence-electron chi connectivity index (χ1n) is 7.01. The zero-order valence-corrected chi connectivity index (χ0v) is 12.0. The van der Waals surface area contributed by atoms with Gasteiger partial charge in [-0.05, 0) is 31.5 Å². The predicted molar refractivity (Wildman–Crippen MR) is 75.6 cm³/mol. The number of hydrogen-bond donors (Lipinski definition) is 0. The molecule has 0 saturated carbocycles. The van der Waals surface area contributed by atoms with E-state index in [0.717, 1.165) is 36.7 Å². The van der Waals surface area contributed by atoms with E-state index in [-0.39, 0.29) is 5.92 Å². The summed E-state index contributed by atoms with van der Waals surface area (Å²) in [4.78, 5) is 14.6. The van der Waals surface area contributed by atoms with Crippen molar-refractivity contribution in [2.75, 3.05) is 18.0 Å². The Morgan fingerprint density at radius 3 is 2.64 bits per heavy atom. The fourth-order valence-corrected chi connectivity index (χ4v) is 2.58. The standard InChI is InChI=1S/C15H15F3N4/c1-10-4-6-19-14(21-10)11-5-7-22(9-11)13-3-2-12(8-20-13)15(16,17)18/h2-4,6,8,11H,5,7,9H2,1H3/t11-/m0/s1.